The number of rotatable bonds is 7. The van der Waals surface area contributed by atoms with E-state index in [2.05, 4.69) is 25.5 Å². The third-order valence-corrected chi connectivity index (χ3v) is 1.99. The average Bonchev–Trinajstić information content (AvgIpc) is 2.10. The summed E-state index contributed by atoms with van der Waals surface area (Å²) in [4.78, 5) is 2.17. The molecule has 0 aliphatic rings. The molecule has 0 aromatic rings. The second-order valence-corrected chi connectivity index (χ2v) is 3.08. The maximum Gasteiger partial charge on any atom is 0.0637 e. The molecule has 0 aliphatic carbocycles. The number of hydrogen-bond donors (Lipinski definition) is 0. The van der Waals surface area contributed by atoms with E-state index in [1.807, 2.05) is 0 Å². The normalized spacial score (nSPS) is 9.92. The molecule has 0 saturated carbocycles. The Kier molecular flexibility index (Phi) is 6.87. The van der Waals surface area contributed by atoms with E-state index < -0.39 is 0 Å². The molecule has 2 heteroatoms. The van der Waals surface area contributed by atoms with Gasteiger partial charge >= 0.3 is 0 Å². The SMILES string of the molecule is C=C(CCCC)N(C)CCOC. The van der Waals surface area contributed by atoms with Crippen LogP contribution in [0.3, 0.4) is 0 Å². The van der Waals surface area contributed by atoms with Gasteiger partial charge in [0.1, 0.15) is 0 Å². The first-order chi connectivity index (χ1) is 5.72. The molecule has 0 aromatic carbocycles. The molecule has 0 N–H and O–H groups in total. The number of nitrogens with zero attached hydrogens (tertiary/aromatic N) is 1. The van der Waals surface area contributed by atoms with E-state index in [9.17, 15) is 0 Å². The highest BCUT2D eigenvalue weighted by Gasteiger charge is 1.99. The third kappa shape index (κ3) is 5.19. The van der Waals surface area contributed by atoms with Gasteiger partial charge in [0, 0.05) is 26.4 Å². The zero-order valence-corrected chi connectivity index (χ0v) is 8.60. The highest BCUT2D eigenvalue weighted by atomic mass is 16.5. The first-order valence-corrected chi connectivity index (χ1v) is 4.60. The van der Waals surface area contributed by atoms with E-state index in [1.54, 1.807) is 7.11 Å². The van der Waals surface area contributed by atoms with E-state index in [4.69, 9.17) is 4.74 Å². The van der Waals surface area contributed by atoms with Crippen LogP contribution in [-0.2, 0) is 4.74 Å². The first kappa shape index (κ1) is 11.5. The summed E-state index contributed by atoms with van der Waals surface area (Å²) in [6.07, 6.45) is 3.57. The summed E-state index contributed by atoms with van der Waals surface area (Å²) in [6.45, 7) is 7.94. The Labute approximate surface area is 76.2 Å². The second kappa shape index (κ2) is 7.17. The fourth-order valence-electron chi connectivity index (χ4n) is 0.958. The third-order valence-electron chi connectivity index (χ3n) is 1.99. The van der Waals surface area contributed by atoms with E-state index in [-0.39, 0.29) is 0 Å². The lowest BCUT2D eigenvalue weighted by atomic mass is 10.2. The number of allylic oxidation sites excluding steroid dienone is 1. The van der Waals surface area contributed by atoms with Gasteiger partial charge in [-0.3, -0.25) is 0 Å². The smallest absolute Gasteiger partial charge is 0.0637 e. The second-order valence-electron chi connectivity index (χ2n) is 3.08. The van der Waals surface area contributed by atoms with Crippen molar-refractivity contribution in [3.05, 3.63) is 12.3 Å². The highest BCUT2D eigenvalue weighted by Crippen LogP contribution is 2.07. The van der Waals surface area contributed by atoms with Crippen LogP contribution in [-0.4, -0.2) is 32.2 Å². The number of unbranched alkanes of at least 4 members (excludes halogenated alkanes) is 1. The maximum absolute atomic E-state index is 4.98. The minimum Gasteiger partial charge on any atom is -0.383 e. The van der Waals surface area contributed by atoms with E-state index >= 15 is 0 Å². The van der Waals surface area contributed by atoms with Crippen LogP contribution >= 0.6 is 0 Å². The molecule has 0 bridgehead atoms. The molecule has 0 aromatic heterocycles. The number of methoxy groups -OCH3 is 1. The van der Waals surface area contributed by atoms with Crippen molar-refractivity contribution in [1.82, 2.24) is 4.90 Å². The quantitative estimate of drug-likeness (QED) is 0.582. The largest absolute Gasteiger partial charge is 0.383 e. The minimum atomic E-state index is 0.779. The molecule has 0 radical (unpaired) electrons. The maximum atomic E-state index is 4.98. The summed E-state index contributed by atoms with van der Waals surface area (Å²) in [7, 11) is 3.79. The summed E-state index contributed by atoms with van der Waals surface area (Å²) in [5.74, 6) is 0. The Balaban J connectivity index is 3.47. The van der Waals surface area contributed by atoms with Crippen molar-refractivity contribution in [2.24, 2.45) is 0 Å². The van der Waals surface area contributed by atoms with Gasteiger partial charge in [-0.25, -0.2) is 0 Å². The monoisotopic (exact) mass is 171 g/mol. The molecule has 12 heavy (non-hydrogen) atoms. The molecule has 0 aliphatic heterocycles. The first-order valence-electron chi connectivity index (χ1n) is 4.60. The van der Waals surface area contributed by atoms with Crippen molar-refractivity contribution in [3.8, 4) is 0 Å². The number of likely N-dealkylation sites (N-methyl/N-ethyl adjacent to an activating group) is 1. The fourth-order valence-corrected chi connectivity index (χ4v) is 0.958. The lowest BCUT2D eigenvalue weighted by Gasteiger charge is -2.20. The Morgan fingerprint density at radius 2 is 2.17 bits per heavy atom. The lowest BCUT2D eigenvalue weighted by molar-refractivity contribution is 0.172. The van der Waals surface area contributed by atoms with E-state index in [0.717, 1.165) is 19.6 Å². The zero-order chi connectivity index (χ0) is 9.40. The standard InChI is InChI=1S/C10H21NO/c1-5-6-7-10(2)11(3)8-9-12-4/h2,5-9H2,1,3-4H3. The van der Waals surface area contributed by atoms with Crippen LogP contribution in [0.2, 0.25) is 0 Å². The summed E-state index contributed by atoms with van der Waals surface area (Å²) in [5.41, 5.74) is 1.22. The predicted molar refractivity (Wildman–Crippen MR) is 53.2 cm³/mol. The summed E-state index contributed by atoms with van der Waals surface area (Å²) in [5, 5.41) is 0. The zero-order valence-electron chi connectivity index (χ0n) is 8.60. The highest BCUT2D eigenvalue weighted by molar-refractivity contribution is 4.91. The summed E-state index contributed by atoms with van der Waals surface area (Å²) in [6, 6.07) is 0. The van der Waals surface area contributed by atoms with Crippen molar-refractivity contribution in [2.45, 2.75) is 26.2 Å². The molecule has 0 rings (SSSR count). The van der Waals surface area contributed by atoms with Crippen molar-refractivity contribution < 1.29 is 4.74 Å². The topological polar surface area (TPSA) is 12.5 Å². The van der Waals surface area contributed by atoms with Crippen LogP contribution in [0.15, 0.2) is 12.3 Å². The van der Waals surface area contributed by atoms with Crippen LogP contribution in [0.5, 0.6) is 0 Å². The van der Waals surface area contributed by atoms with Crippen molar-refractivity contribution in [2.75, 3.05) is 27.3 Å². The molecular weight excluding hydrogens is 150 g/mol. The van der Waals surface area contributed by atoms with Crippen LogP contribution in [0, 0.1) is 0 Å². The van der Waals surface area contributed by atoms with Gasteiger partial charge in [-0.05, 0) is 12.8 Å². The molecule has 0 spiro atoms. The molecule has 2 nitrogen and oxygen atoms in total. The van der Waals surface area contributed by atoms with Gasteiger partial charge in [0.15, 0.2) is 0 Å². The predicted octanol–water partition coefficient (Wildman–Crippen LogP) is 2.27. The molecule has 0 unspecified atom stereocenters. The Morgan fingerprint density at radius 1 is 1.50 bits per heavy atom. The van der Waals surface area contributed by atoms with Gasteiger partial charge in [-0.15, -0.1) is 0 Å². The van der Waals surface area contributed by atoms with Crippen LogP contribution in [0.25, 0.3) is 0 Å². The van der Waals surface area contributed by atoms with E-state index in [1.165, 1.54) is 18.5 Å². The lowest BCUT2D eigenvalue weighted by Crippen LogP contribution is -2.21. The van der Waals surface area contributed by atoms with Gasteiger partial charge in [0.05, 0.1) is 6.61 Å². The van der Waals surface area contributed by atoms with Gasteiger partial charge in [0.2, 0.25) is 0 Å². The Bertz CT molecular complexity index is 123. The fraction of sp³-hybridized carbons (Fsp3) is 0.800. The Hall–Kier alpha value is -0.500. The summed E-state index contributed by atoms with van der Waals surface area (Å²) < 4.78 is 4.98. The molecular formula is C10H21NO. The van der Waals surface area contributed by atoms with Crippen LogP contribution in [0.1, 0.15) is 26.2 Å². The molecule has 0 fully saturated rings. The molecule has 0 atom stereocenters. The van der Waals surface area contributed by atoms with Gasteiger partial charge < -0.3 is 9.64 Å². The molecule has 0 amide bonds. The van der Waals surface area contributed by atoms with Crippen LogP contribution < -0.4 is 0 Å². The van der Waals surface area contributed by atoms with Crippen LogP contribution in [0.4, 0.5) is 0 Å². The molecule has 72 valence electrons. The minimum absolute atomic E-state index is 0.779. The van der Waals surface area contributed by atoms with Crippen molar-refractivity contribution in [1.29, 1.82) is 0 Å². The van der Waals surface area contributed by atoms with Gasteiger partial charge in [-0.2, -0.15) is 0 Å². The number of ether oxygens (including phenoxy) is 1. The Morgan fingerprint density at radius 3 is 2.67 bits per heavy atom. The average molecular weight is 171 g/mol. The van der Waals surface area contributed by atoms with Gasteiger partial charge in [-0.1, -0.05) is 19.9 Å². The van der Waals surface area contributed by atoms with Gasteiger partial charge in [0.25, 0.3) is 0 Å². The van der Waals surface area contributed by atoms with Crippen molar-refractivity contribution in [3.63, 3.8) is 0 Å². The number of hydrogen-bond acceptors (Lipinski definition) is 2. The van der Waals surface area contributed by atoms with E-state index in [0.29, 0.717) is 0 Å². The molecule has 0 saturated heterocycles. The van der Waals surface area contributed by atoms with Crippen molar-refractivity contribution >= 4 is 0 Å². The summed E-state index contributed by atoms with van der Waals surface area (Å²) >= 11 is 0. The molecule has 0 heterocycles.